The predicted molar refractivity (Wildman–Crippen MR) is 142 cm³/mol. The van der Waals surface area contributed by atoms with Crippen LogP contribution in [-0.4, -0.2) is 44.0 Å². The third-order valence-corrected chi connectivity index (χ3v) is 6.50. The molecule has 7 nitrogen and oxygen atoms in total. The number of pyridine rings is 1. The molecule has 0 atom stereocenters. The fraction of sp³-hybridized carbons (Fsp3) is 0.138. The van der Waals surface area contributed by atoms with E-state index < -0.39 is 11.7 Å². The maximum absolute atomic E-state index is 15.5. The number of halogens is 1. The Bertz CT molecular complexity index is 1630. The molecule has 0 aliphatic heterocycles. The number of rotatable bonds is 7. The zero-order valence-corrected chi connectivity index (χ0v) is 20.5. The van der Waals surface area contributed by atoms with Gasteiger partial charge in [-0.3, -0.25) is 9.36 Å². The zero-order valence-electron chi connectivity index (χ0n) is 20.5. The molecule has 0 aliphatic rings. The monoisotopic (exact) mass is 495 g/mol. The van der Waals surface area contributed by atoms with Gasteiger partial charge in [0.05, 0.1) is 6.20 Å². The Labute approximate surface area is 213 Å². The highest BCUT2D eigenvalue weighted by Crippen LogP contribution is 2.37. The van der Waals surface area contributed by atoms with Crippen LogP contribution in [0, 0.1) is 5.82 Å². The number of hydrogen-bond acceptors (Lipinski definition) is 5. The van der Waals surface area contributed by atoms with E-state index in [1.165, 1.54) is 18.6 Å². The first-order valence-corrected chi connectivity index (χ1v) is 11.9. The van der Waals surface area contributed by atoms with Gasteiger partial charge in [0, 0.05) is 23.4 Å². The van der Waals surface area contributed by atoms with Gasteiger partial charge in [-0.15, -0.1) is 0 Å². The first-order valence-electron chi connectivity index (χ1n) is 11.9. The lowest BCUT2D eigenvalue weighted by atomic mass is 9.97. The van der Waals surface area contributed by atoms with Crippen molar-refractivity contribution in [2.75, 3.05) is 13.6 Å². The molecule has 0 aliphatic carbocycles. The average Bonchev–Trinajstić information content (AvgIpc) is 3.35. The largest absolute Gasteiger partial charge is 0.504 e. The summed E-state index contributed by atoms with van der Waals surface area (Å²) in [6.45, 7) is 3.74. The van der Waals surface area contributed by atoms with Gasteiger partial charge in [0.2, 0.25) is 5.91 Å². The molecule has 2 heterocycles. The van der Waals surface area contributed by atoms with Gasteiger partial charge in [0.15, 0.2) is 5.75 Å². The number of imidazole rings is 1. The summed E-state index contributed by atoms with van der Waals surface area (Å²) >= 11 is 0. The molecule has 0 saturated carbocycles. The fourth-order valence-electron chi connectivity index (χ4n) is 4.41. The quantitative estimate of drug-likeness (QED) is 0.326. The first-order chi connectivity index (χ1) is 17.9. The SMILES string of the molecule is CCN(C)Cc1ccccc1-c1ccc(-c2ncc3ncn(-c4cccc(C(N)=O)c4)c3c2O)c(F)c1. The van der Waals surface area contributed by atoms with Gasteiger partial charge in [-0.1, -0.05) is 43.3 Å². The Morgan fingerprint density at radius 2 is 1.86 bits per heavy atom. The van der Waals surface area contributed by atoms with Crippen molar-refractivity contribution in [3.63, 3.8) is 0 Å². The lowest BCUT2D eigenvalue weighted by Gasteiger charge is -2.17. The van der Waals surface area contributed by atoms with Crippen molar-refractivity contribution in [2.45, 2.75) is 13.5 Å². The Balaban J connectivity index is 1.58. The van der Waals surface area contributed by atoms with Crippen LogP contribution in [0.25, 0.3) is 39.1 Å². The molecule has 5 aromatic rings. The second-order valence-corrected chi connectivity index (χ2v) is 8.90. The lowest BCUT2D eigenvalue weighted by molar-refractivity contribution is 0.1000. The standard InChI is InChI=1S/C29H26FN5O2/c1-3-34(2)16-20-7-4-5-10-22(20)18-11-12-23(24(30)14-18)26-28(36)27-25(15-32-26)33-17-35(27)21-9-6-8-19(13-21)29(31)37/h4-15,17,36H,3,16H2,1-2H3,(H2,31,37). The number of carbonyl (C=O) groups is 1. The highest BCUT2D eigenvalue weighted by Gasteiger charge is 2.19. The fourth-order valence-corrected chi connectivity index (χ4v) is 4.41. The van der Waals surface area contributed by atoms with Crippen molar-refractivity contribution in [3.8, 4) is 33.8 Å². The summed E-state index contributed by atoms with van der Waals surface area (Å²) in [5, 5.41) is 11.2. The van der Waals surface area contributed by atoms with E-state index in [0.717, 1.165) is 29.8 Å². The molecule has 0 saturated heterocycles. The van der Waals surface area contributed by atoms with E-state index in [4.69, 9.17) is 5.73 Å². The van der Waals surface area contributed by atoms with Gasteiger partial charge in [-0.2, -0.15) is 0 Å². The number of amides is 1. The normalized spacial score (nSPS) is 11.4. The molecule has 2 aromatic heterocycles. The molecular weight excluding hydrogens is 469 g/mol. The number of hydrogen-bond donors (Lipinski definition) is 2. The molecule has 5 rings (SSSR count). The van der Waals surface area contributed by atoms with Crippen LogP contribution in [0.1, 0.15) is 22.8 Å². The summed E-state index contributed by atoms with van der Waals surface area (Å²) in [4.78, 5) is 22.4. The summed E-state index contributed by atoms with van der Waals surface area (Å²) in [5.41, 5.74) is 10.2. The van der Waals surface area contributed by atoms with Crippen LogP contribution in [0.4, 0.5) is 4.39 Å². The Hall–Kier alpha value is -4.56. The smallest absolute Gasteiger partial charge is 0.248 e. The van der Waals surface area contributed by atoms with Crippen molar-refractivity contribution < 1.29 is 14.3 Å². The number of nitrogens with two attached hydrogens (primary N) is 1. The van der Waals surface area contributed by atoms with Gasteiger partial charge in [-0.05, 0) is 60.6 Å². The van der Waals surface area contributed by atoms with Crippen LogP contribution in [0.3, 0.4) is 0 Å². The molecule has 0 bridgehead atoms. The van der Waals surface area contributed by atoms with Crippen LogP contribution in [-0.2, 0) is 6.54 Å². The molecule has 1 amide bonds. The molecule has 37 heavy (non-hydrogen) atoms. The van der Waals surface area contributed by atoms with Crippen LogP contribution >= 0.6 is 0 Å². The van der Waals surface area contributed by atoms with Crippen LogP contribution in [0.15, 0.2) is 79.3 Å². The third-order valence-electron chi connectivity index (χ3n) is 6.50. The molecule has 3 N–H and O–H groups in total. The number of nitrogens with zero attached hydrogens (tertiary/aromatic N) is 4. The minimum absolute atomic E-state index is 0.100. The van der Waals surface area contributed by atoms with E-state index in [-0.39, 0.29) is 17.0 Å². The first kappa shape index (κ1) is 24.1. The summed E-state index contributed by atoms with van der Waals surface area (Å²) in [6, 6.07) is 19.5. The van der Waals surface area contributed by atoms with E-state index in [9.17, 15) is 9.90 Å². The molecule has 8 heteroatoms. The molecule has 186 valence electrons. The second-order valence-electron chi connectivity index (χ2n) is 8.90. The molecule has 0 spiro atoms. The number of aromatic nitrogens is 3. The number of fused-ring (bicyclic) bond motifs is 1. The zero-order chi connectivity index (χ0) is 26.1. The van der Waals surface area contributed by atoms with Crippen molar-refractivity contribution >= 4 is 16.9 Å². The van der Waals surface area contributed by atoms with Crippen LogP contribution < -0.4 is 5.73 Å². The van der Waals surface area contributed by atoms with Crippen molar-refractivity contribution in [3.05, 3.63) is 96.2 Å². The Morgan fingerprint density at radius 3 is 2.62 bits per heavy atom. The van der Waals surface area contributed by atoms with Crippen molar-refractivity contribution in [1.82, 2.24) is 19.4 Å². The van der Waals surface area contributed by atoms with Gasteiger partial charge in [-0.25, -0.2) is 14.4 Å². The van der Waals surface area contributed by atoms with Gasteiger partial charge in [0.25, 0.3) is 0 Å². The summed E-state index contributed by atoms with van der Waals surface area (Å²) < 4.78 is 17.1. The summed E-state index contributed by atoms with van der Waals surface area (Å²) in [6.07, 6.45) is 3.00. The number of benzene rings is 3. The molecular formula is C29H26FN5O2. The number of aromatic hydroxyl groups is 1. The maximum Gasteiger partial charge on any atom is 0.248 e. The Morgan fingerprint density at radius 1 is 1.05 bits per heavy atom. The highest BCUT2D eigenvalue weighted by molar-refractivity contribution is 5.94. The summed E-state index contributed by atoms with van der Waals surface area (Å²) in [7, 11) is 2.04. The van der Waals surface area contributed by atoms with Crippen LogP contribution in [0.2, 0.25) is 0 Å². The molecule has 3 aromatic carbocycles. The van der Waals surface area contributed by atoms with Gasteiger partial charge in [0.1, 0.15) is 28.9 Å². The molecule has 0 fully saturated rings. The van der Waals surface area contributed by atoms with Gasteiger partial charge < -0.3 is 15.7 Å². The maximum atomic E-state index is 15.5. The van der Waals surface area contributed by atoms with Crippen LogP contribution in [0.5, 0.6) is 5.75 Å². The van der Waals surface area contributed by atoms with E-state index in [1.54, 1.807) is 34.9 Å². The van der Waals surface area contributed by atoms with E-state index in [2.05, 4.69) is 21.8 Å². The van der Waals surface area contributed by atoms with E-state index in [1.807, 2.05) is 37.4 Å². The molecule has 0 radical (unpaired) electrons. The topological polar surface area (TPSA) is 97.3 Å². The number of carbonyl (C=O) groups excluding carboxylic acids is 1. The summed E-state index contributed by atoms with van der Waals surface area (Å²) in [5.74, 6) is -1.28. The van der Waals surface area contributed by atoms with E-state index in [0.29, 0.717) is 22.3 Å². The van der Waals surface area contributed by atoms with E-state index >= 15 is 4.39 Å². The molecule has 0 unspecified atom stereocenters. The lowest BCUT2D eigenvalue weighted by Crippen LogP contribution is -2.17. The minimum Gasteiger partial charge on any atom is -0.504 e. The number of primary amides is 1. The predicted octanol–water partition coefficient (Wildman–Crippen LogP) is 5.15. The average molecular weight is 496 g/mol. The van der Waals surface area contributed by atoms with Crippen molar-refractivity contribution in [1.29, 1.82) is 0 Å². The third kappa shape index (κ3) is 4.54. The second kappa shape index (κ2) is 9.83. The van der Waals surface area contributed by atoms with Crippen molar-refractivity contribution in [2.24, 2.45) is 5.73 Å². The van der Waals surface area contributed by atoms with Gasteiger partial charge >= 0.3 is 0 Å². The highest BCUT2D eigenvalue weighted by atomic mass is 19.1. The minimum atomic E-state index is -0.567. The Kier molecular flexibility index (Phi) is 6.42.